The van der Waals surface area contributed by atoms with Gasteiger partial charge in [-0.25, -0.2) is 0 Å². The summed E-state index contributed by atoms with van der Waals surface area (Å²) in [6.07, 6.45) is 1.80. The topological polar surface area (TPSA) is 99.2 Å². The van der Waals surface area contributed by atoms with Crippen LogP contribution in [0.4, 0.5) is 13.2 Å². The number of hydrogen-bond donors (Lipinski definition) is 0. The van der Waals surface area contributed by atoms with Crippen molar-refractivity contribution >= 4 is 32.7 Å². The van der Waals surface area contributed by atoms with Gasteiger partial charge in [-0.2, -0.15) is 21.6 Å². The summed E-state index contributed by atoms with van der Waals surface area (Å²) in [5.74, 6) is -2.50. The second kappa shape index (κ2) is 7.22. The zero-order valence-corrected chi connectivity index (χ0v) is 16.0. The Labute approximate surface area is 168 Å². The van der Waals surface area contributed by atoms with Crippen molar-refractivity contribution in [2.24, 2.45) is 0 Å². The zero-order chi connectivity index (χ0) is 21.7. The van der Waals surface area contributed by atoms with Gasteiger partial charge in [-0.15, -0.1) is 9.35 Å². The van der Waals surface area contributed by atoms with E-state index >= 15 is 0 Å². The van der Waals surface area contributed by atoms with Gasteiger partial charge in [0.15, 0.2) is 6.29 Å². The van der Waals surface area contributed by atoms with Crippen LogP contribution in [-0.2, 0) is 19.1 Å². The van der Waals surface area contributed by atoms with Crippen LogP contribution in [0.25, 0.3) is 10.8 Å². The Bertz CT molecular complexity index is 1140. The number of halogens is 3. The summed E-state index contributed by atoms with van der Waals surface area (Å²) in [6.45, 7) is 0.500. The highest BCUT2D eigenvalue weighted by atomic mass is 32.2. The number of nitrogens with zero attached hydrogens (tertiary/aromatic N) is 1. The number of carbonyl (C=O) groups excluding carboxylic acids is 2. The van der Waals surface area contributed by atoms with Gasteiger partial charge in [0.25, 0.3) is 11.8 Å². The first-order valence-corrected chi connectivity index (χ1v) is 10.2. The first-order valence-electron chi connectivity index (χ1n) is 8.83. The average Bonchev–Trinajstić information content (AvgIpc) is 2.69. The van der Waals surface area contributed by atoms with E-state index in [2.05, 4.69) is 4.28 Å². The summed E-state index contributed by atoms with van der Waals surface area (Å²) in [5, 5.41) is 0.172. The van der Waals surface area contributed by atoms with Gasteiger partial charge in [-0.05, 0) is 36.4 Å². The Hall–Kier alpha value is -2.70. The van der Waals surface area contributed by atoms with E-state index in [0.717, 1.165) is 12.8 Å². The molecular weight excluding hydrogens is 431 g/mol. The monoisotopic (exact) mass is 445 g/mol. The molecule has 2 aliphatic rings. The number of benzene rings is 2. The lowest BCUT2D eigenvalue weighted by Crippen LogP contribution is -2.44. The van der Waals surface area contributed by atoms with Gasteiger partial charge in [0.1, 0.15) is 5.75 Å². The van der Waals surface area contributed by atoms with Crippen LogP contribution in [0.3, 0.4) is 0 Å². The summed E-state index contributed by atoms with van der Waals surface area (Å²) in [4.78, 5) is 25.2. The van der Waals surface area contributed by atoms with E-state index in [-0.39, 0.29) is 22.3 Å². The molecule has 0 spiro atoms. The van der Waals surface area contributed by atoms with E-state index in [1.807, 2.05) is 0 Å². The third-order valence-electron chi connectivity index (χ3n) is 4.64. The quantitative estimate of drug-likeness (QED) is 0.527. The average molecular weight is 445 g/mol. The molecule has 2 heterocycles. The number of ether oxygens (including phenoxy) is 2. The first kappa shape index (κ1) is 20.6. The third-order valence-corrected chi connectivity index (χ3v) is 5.55. The molecule has 30 heavy (non-hydrogen) atoms. The minimum Gasteiger partial charge on any atom is -0.465 e. The molecule has 2 aromatic carbocycles. The molecule has 1 saturated heterocycles. The number of imide groups is 1. The molecule has 8 nitrogen and oxygen atoms in total. The smallest absolute Gasteiger partial charge is 0.465 e. The minimum atomic E-state index is -6.23. The standard InChI is InChI=1S/C18H14F3NO7S/c19-18(20,21)30(25,26)29-22-16(23)12-5-3-4-10-8-11(9-13(15(10)12)17(22)24)28-14-6-1-2-7-27-14/h3-5,8-9,14H,1-2,6-7H2. The van der Waals surface area contributed by atoms with Gasteiger partial charge in [0, 0.05) is 11.8 Å². The molecule has 4 rings (SSSR count). The Morgan fingerprint density at radius 3 is 2.47 bits per heavy atom. The van der Waals surface area contributed by atoms with Crippen molar-refractivity contribution in [3.05, 3.63) is 41.5 Å². The Morgan fingerprint density at radius 2 is 1.80 bits per heavy atom. The summed E-state index contributed by atoms with van der Waals surface area (Å²) in [7, 11) is -6.23. The van der Waals surface area contributed by atoms with E-state index in [1.165, 1.54) is 18.2 Å². The van der Waals surface area contributed by atoms with Crippen LogP contribution in [0.15, 0.2) is 30.3 Å². The Balaban J connectivity index is 1.76. The van der Waals surface area contributed by atoms with Crippen LogP contribution in [0.2, 0.25) is 0 Å². The number of carbonyl (C=O) groups is 2. The number of hydroxylamine groups is 2. The lowest BCUT2D eigenvalue weighted by atomic mass is 9.94. The molecule has 1 atom stereocenters. The third kappa shape index (κ3) is 3.50. The van der Waals surface area contributed by atoms with Crippen molar-refractivity contribution in [2.75, 3.05) is 6.61 Å². The highest BCUT2D eigenvalue weighted by Gasteiger charge is 2.51. The largest absolute Gasteiger partial charge is 0.525 e. The molecule has 0 N–H and O–H groups in total. The van der Waals surface area contributed by atoms with Crippen LogP contribution in [0, 0.1) is 0 Å². The number of alkyl halides is 3. The van der Waals surface area contributed by atoms with Crippen molar-refractivity contribution in [3.8, 4) is 5.75 Å². The molecule has 2 aliphatic heterocycles. The van der Waals surface area contributed by atoms with Crippen LogP contribution >= 0.6 is 0 Å². The molecule has 0 bridgehead atoms. The Morgan fingerprint density at radius 1 is 1.07 bits per heavy atom. The van der Waals surface area contributed by atoms with Crippen LogP contribution in [0.1, 0.15) is 40.0 Å². The maximum Gasteiger partial charge on any atom is 0.525 e. The van der Waals surface area contributed by atoms with E-state index in [9.17, 15) is 31.2 Å². The first-order chi connectivity index (χ1) is 14.1. The molecule has 12 heteroatoms. The second-order valence-electron chi connectivity index (χ2n) is 6.67. The second-order valence-corrected chi connectivity index (χ2v) is 8.19. The van der Waals surface area contributed by atoms with Crippen molar-refractivity contribution < 1.29 is 44.9 Å². The van der Waals surface area contributed by atoms with Crippen molar-refractivity contribution in [2.45, 2.75) is 31.1 Å². The Kier molecular flexibility index (Phi) is 4.95. The molecule has 2 amide bonds. The van der Waals surface area contributed by atoms with Gasteiger partial charge < -0.3 is 9.47 Å². The molecule has 1 unspecified atom stereocenters. The fourth-order valence-electron chi connectivity index (χ4n) is 3.29. The predicted molar refractivity (Wildman–Crippen MR) is 94.7 cm³/mol. The summed E-state index contributed by atoms with van der Waals surface area (Å²) in [5.41, 5.74) is -6.23. The number of rotatable bonds is 4. The van der Waals surface area contributed by atoms with Crippen molar-refractivity contribution in [3.63, 3.8) is 0 Å². The summed E-state index contributed by atoms with van der Waals surface area (Å²) >= 11 is 0. The van der Waals surface area contributed by atoms with E-state index in [4.69, 9.17) is 9.47 Å². The highest BCUT2D eigenvalue weighted by molar-refractivity contribution is 7.87. The lowest BCUT2D eigenvalue weighted by Gasteiger charge is -2.27. The van der Waals surface area contributed by atoms with Crippen LogP contribution in [0.5, 0.6) is 5.75 Å². The predicted octanol–water partition coefficient (Wildman–Crippen LogP) is 3.12. The fraction of sp³-hybridized carbons (Fsp3) is 0.333. The SMILES string of the molecule is O=C1c2cccc3cc(OC4CCCCO4)cc(c23)C(=O)N1OS(=O)(=O)C(F)(F)F. The molecule has 0 radical (unpaired) electrons. The van der Waals surface area contributed by atoms with Crippen LogP contribution in [-0.4, -0.2) is 43.7 Å². The molecule has 2 aromatic rings. The van der Waals surface area contributed by atoms with Crippen molar-refractivity contribution in [1.29, 1.82) is 0 Å². The molecular formula is C18H14F3NO7S. The van der Waals surface area contributed by atoms with E-state index in [1.54, 1.807) is 12.1 Å². The molecule has 0 aliphatic carbocycles. The van der Waals surface area contributed by atoms with Gasteiger partial charge in [-0.3, -0.25) is 9.59 Å². The summed E-state index contributed by atoms with van der Waals surface area (Å²) in [6, 6.07) is 7.05. The highest BCUT2D eigenvalue weighted by Crippen LogP contribution is 2.36. The number of hydrogen-bond acceptors (Lipinski definition) is 7. The fourth-order valence-corrected chi connectivity index (χ4v) is 3.71. The van der Waals surface area contributed by atoms with Gasteiger partial charge >= 0.3 is 15.6 Å². The number of amides is 2. The van der Waals surface area contributed by atoms with Gasteiger partial charge in [0.2, 0.25) is 0 Å². The van der Waals surface area contributed by atoms with Gasteiger partial charge in [-0.1, -0.05) is 12.1 Å². The van der Waals surface area contributed by atoms with E-state index in [0.29, 0.717) is 18.4 Å². The molecule has 160 valence electrons. The lowest BCUT2D eigenvalue weighted by molar-refractivity contribution is -0.105. The molecule has 0 aromatic heterocycles. The molecule has 1 fully saturated rings. The maximum absolute atomic E-state index is 12.7. The van der Waals surface area contributed by atoms with E-state index < -0.39 is 38.8 Å². The minimum absolute atomic E-state index is 0.161. The van der Waals surface area contributed by atoms with Crippen molar-refractivity contribution in [1.82, 2.24) is 5.06 Å². The zero-order valence-electron chi connectivity index (χ0n) is 15.1. The summed E-state index contributed by atoms with van der Waals surface area (Å²) < 4.78 is 75.9. The molecule has 0 saturated carbocycles. The normalized spacial score (nSPS) is 20.0. The maximum atomic E-state index is 12.7. The van der Waals surface area contributed by atoms with Gasteiger partial charge in [0.05, 0.1) is 17.7 Å². The van der Waals surface area contributed by atoms with Crippen LogP contribution < -0.4 is 4.74 Å².